The summed E-state index contributed by atoms with van der Waals surface area (Å²) in [5.41, 5.74) is 0.401. The quantitative estimate of drug-likeness (QED) is 0.648. The fourth-order valence-electron chi connectivity index (χ4n) is 2.34. The van der Waals surface area contributed by atoms with E-state index >= 15 is 0 Å². The van der Waals surface area contributed by atoms with Crippen LogP contribution >= 0.6 is 11.3 Å². The summed E-state index contributed by atoms with van der Waals surface area (Å²) in [6, 6.07) is 13.0. The molecule has 1 atom stereocenters. The third-order valence-corrected chi connectivity index (χ3v) is 6.23. The Balaban J connectivity index is 1.64. The van der Waals surface area contributed by atoms with Gasteiger partial charge >= 0.3 is 0 Å². The summed E-state index contributed by atoms with van der Waals surface area (Å²) < 4.78 is 32.1. The molecule has 3 aromatic rings. The summed E-state index contributed by atoms with van der Waals surface area (Å²) in [6.07, 6.45) is 1.48. The summed E-state index contributed by atoms with van der Waals surface area (Å²) in [6.45, 7) is 1.97. The van der Waals surface area contributed by atoms with Crippen molar-refractivity contribution in [1.82, 2.24) is 10.0 Å². The Bertz CT molecular complexity index is 947. The molecule has 3 rings (SSSR count). The molecule has 0 spiro atoms. The van der Waals surface area contributed by atoms with Crippen LogP contribution < -0.4 is 10.0 Å². The maximum atomic E-state index is 12.3. The minimum Gasteiger partial charge on any atom is -0.468 e. The number of hydrogen-bond donors (Lipinski definition) is 2. The zero-order valence-corrected chi connectivity index (χ0v) is 15.6. The molecule has 1 amide bonds. The van der Waals surface area contributed by atoms with Crippen molar-refractivity contribution < 1.29 is 17.6 Å². The number of thiophene rings is 1. The van der Waals surface area contributed by atoms with E-state index in [0.29, 0.717) is 11.3 Å². The standard InChI is InChI=1S/C18H18N2O4S2/c1-13(17-5-3-11-25-17)20-18(21)14-6-8-16(9-7-14)26(22,23)19-12-15-4-2-10-24-15/h2-11,13,19H,12H2,1H3,(H,20,21). The van der Waals surface area contributed by atoms with Crippen molar-refractivity contribution in [3.8, 4) is 0 Å². The Morgan fingerprint density at radius 2 is 1.92 bits per heavy atom. The van der Waals surface area contributed by atoms with Gasteiger partial charge in [-0.25, -0.2) is 13.1 Å². The van der Waals surface area contributed by atoms with E-state index in [0.717, 1.165) is 4.88 Å². The number of nitrogens with one attached hydrogen (secondary N) is 2. The van der Waals surface area contributed by atoms with E-state index in [4.69, 9.17) is 4.42 Å². The van der Waals surface area contributed by atoms with Gasteiger partial charge in [-0.1, -0.05) is 6.07 Å². The lowest BCUT2D eigenvalue weighted by Gasteiger charge is -2.12. The summed E-state index contributed by atoms with van der Waals surface area (Å²) >= 11 is 1.57. The predicted octanol–water partition coefficient (Wildman–Crippen LogP) is 3.31. The van der Waals surface area contributed by atoms with E-state index in [1.807, 2.05) is 24.4 Å². The molecule has 1 unspecified atom stereocenters. The fourth-order valence-corrected chi connectivity index (χ4v) is 4.06. The molecule has 0 aliphatic rings. The molecular formula is C18H18N2O4S2. The van der Waals surface area contributed by atoms with Gasteiger partial charge < -0.3 is 9.73 Å². The number of carbonyl (C=O) groups excluding carboxylic acids is 1. The maximum Gasteiger partial charge on any atom is 0.251 e. The van der Waals surface area contributed by atoms with Crippen molar-refractivity contribution in [3.63, 3.8) is 0 Å². The fraction of sp³-hybridized carbons (Fsp3) is 0.167. The molecule has 0 bridgehead atoms. The van der Waals surface area contributed by atoms with Crippen molar-refractivity contribution in [2.45, 2.75) is 24.4 Å². The van der Waals surface area contributed by atoms with Gasteiger partial charge in [0.05, 0.1) is 23.7 Å². The van der Waals surface area contributed by atoms with Gasteiger partial charge in [-0.05, 0) is 54.8 Å². The first-order valence-electron chi connectivity index (χ1n) is 7.92. The van der Waals surface area contributed by atoms with E-state index in [1.165, 1.54) is 30.5 Å². The third-order valence-electron chi connectivity index (χ3n) is 3.76. The Hall–Kier alpha value is -2.42. The Kier molecular flexibility index (Phi) is 5.55. The van der Waals surface area contributed by atoms with Gasteiger partial charge in [0.15, 0.2) is 0 Å². The van der Waals surface area contributed by atoms with Gasteiger partial charge in [0.1, 0.15) is 5.76 Å². The molecule has 0 aliphatic heterocycles. The minimum atomic E-state index is -3.68. The number of hydrogen-bond acceptors (Lipinski definition) is 5. The van der Waals surface area contributed by atoms with Gasteiger partial charge in [0, 0.05) is 10.4 Å². The van der Waals surface area contributed by atoms with E-state index in [-0.39, 0.29) is 23.4 Å². The number of rotatable bonds is 7. The van der Waals surface area contributed by atoms with Gasteiger partial charge in [-0.3, -0.25) is 4.79 Å². The van der Waals surface area contributed by atoms with Crippen LogP contribution in [0.5, 0.6) is 0 Å². The second-order valence-corrected chi connectivity index (χ2v) is 8.39. The highest BCUT2D eigenvalue weighted by Crippen LogP contribution is 2.19. The lowest BCUT2D eigenvalue weighted by atomic mass is 10.2. The van der Waals surface area contributed by atoms with Crippen LogP contribution in [0.3, 0.4) is 0 Å². The highest BCUT2D eigenvalue weighted by atomic mass is 32.2. The molecule has 6 nitrogen and oxygen atoms in total. The first-order chi connectivity index (χ1) is 12.5. The van der Waals surface area contributed by atoms with E-state index in [1.54, 1.807) is 23.5 Å². The lowest BCUT2D eigenvalue weighted by Crippen LogP contribution is -2.26. The largest absolute Gasteiger partial charge is 0.468 e. The molecular weight excluding hydrogens is 372 g/mol. The van der Waals surface area contributed by atoms with E-state index < -0.39 is 10.0 Å². The number of furan rings is 1. The molecule has 0 radical (unpaired) electrons. The molecule has 2 aromatic heterocycles. The SMILES string of the molecule is CC(NC(=O)c1ccc(S(=O)(=O)NCc2ccco2)cc1)c1cccs1. The molecule has 2 N–H and O–H groups in total. The molecule has 0 saturated heterocycles. The van der Waals surface area contributed by atoms with Crippen LogP contribution in [-0.2, 0) is 16.6 Å². The van der Waals surface area contributed by atoms with Crippen LogP contribution in [0.25, 0.3) is 0 Å². The molecule has 136 valence electrons. The van der Waals surface area contributed by atoms with Crippen LogP contribution in [0.4, 0.5) is 0 Å². The molecule has 0 fully saturated rings. The van der Waals surface area contributed by atoms with Gasteiger partial charge in [-0.2, -0.15) is 0 Å². The van der Waals surface area contributed by atoms with Gasteiger partial charge in [-0.15, -0.1) is 11.3 Å². The molecule has 0 aliphatic carbocycles. The predicted molar refractivity (Wildman–Crippen MR) is 99.4 cm³/mol. The molecule has 2 heterocycles. The summed E-state index contributed by atoms with van der Waals surface area (Å²) in [5.74, 6) is 0.269. The number of sulfonamides is 1. The smallest absolute Gasteiger partial charge is 0.251 e. The molecule has 26 heavy (non-hydrogen) atoms. The highest BCUT2D eigenvalue weighted by molar-refractivity contribution is 7.89. The topological polar surface area (TPSA) is 88.4 Å². The monoisotopic (exact) mass is 390 g/mol. The molecule has 1 aromatic carbocycles. The number of benzene rings is 1. The van der Waals surface area contributed by atoms with Crippen molar-refractivity contribution in [1.29, 1.82) is 0 Å². The average Bonchev–Trinajstić information content (AvgIpc) is 3.34. The van der Waals surface area contributed by atoms with Crippen molar-refractivity contribution in [2.75, 3.05) is 0 Å². The highest BCUT2D eigenvalue weighted by Gasteiger charge is 2.16. The first kappa shape index (κ1) is 18.4. The second kappa shape index (κ2) is 7.86. The Morgan fingerprint density at radius 3 is 2.54 bits per heavy atom. The molecule has 0 saturated carbocycles. The third kappa shape index (κ3) is 4.40. The zero-order valence-electron chi connectivity index (χ0n) is 14.0. The normalized spacial score (nSPS) is 12.7. The van der Waals surface area contributed by atoms with Crippen LogP contribution in [0.2, 0.25) is 0 Å². The maximum absolute atomic E-state index is 12.3. The van der Waals surface area contributed by atoms with Crippen molar-refractivity contribution in [2.24, 2.45) is 0 Å². The Morgan fingerprint density at radius 1 is 1.15 bits per heavy atom. The summed E-state index contributed by atoms with van der Waals surface area (Å²) in [5, 5.41) is 4.85. The van der Waals surface area contributed by atoms with E-state index in [2.05, 4.69) is 10.0 Å². The second-order valence-electron chi connectivity index (χ2n) is 5.64. The average molecular weight is 390 g/mol. The first-order valence-corrected chi connectivity index (χ1v) is 10.3. The zero-order chi connectivity index (χ0) is 18.6. The van der Waals surface area contributed by atoms with Crippen LogP contribution in [0, 0.1) is 0 Å². The minimum absolute atomic E-state index is 0.0654. The van der Waals surface area contributed by atoms with E-state index in [9.17, 15) is 13.2 Å². The summed E-state index contributed by atoms with van der Waals surface area (Å²) in [4.78, 5) is 13.5. The van der Waals surface area contributed by atoms with Crippen LogP contribution in [0.1, 0.15) is 34.0 Å². The number of carbonyl (C=O) groups is 1. The van der Waals surface area contributed by atoms with Crippen LogP contribution in [-0.4, -0.2) is 14.3 Å². The Labute approximate surface area is 155 Å². The van der Waals surface area contributed by atoms with Crippen molar-refractivity contribution in [3.05, 3.63) is 76.4 Å². The molecule has 8 heteroatoms. The van der Waals surface area contributed by atoms with Crippen molar-refractivity contribution >= 4 is 27.3 Å². The number of amides is 1. The summed E-state index contributed by atoms with van der Waals surface area (Å²) in [7, 11) is -3.68. The van der Waals surface area contributed by atoms with Crippen LogP contribution in [0.15, 0.2) is 69.5 Å². The lowest BCUT2D eigenvalue weighted by molar-refractivity contribution is 0.0940. The van der Waals surface area contributed by atoms with Gasteiger partial charge in [0.2, 0.25) is 10.0 Å². The van der Waals surface area contributed by atoms with Gasteiger partial charge in [0.25, 0.3) is 5.91 Å².